The summed E-state index contributed by atoms with van der Waals surface area (Å²) in [5, 5.41) is 14.8. The van der Waals surface area contributed by atoms with Crippen molar-refractivity contribution in [3.63, 3.8) is 0 Å². The molecule has 10 aromatic carbocycles. The van der Waals surface area contributed by atoms with Crippen LogP contribution in [0.5, 0.6) is 0 Å². The van der Waals surface area contributed by atoms with Crippen molar-refractivity contribution in [1.82, 2.24) is 0 Å². The Hall–Kier alpha value is -6.70. The van der Waals surface area contributed by atoms with Crippen LogP contribution in [0.1, 0.15) is 0 Å². The SMILES string of the molecule is c1ccc2cc(-c3c4ccccc4c(-c4ccc5cc(-c6ccc7oc8ccc9ccccc9c8c7c6)ccc5c4)c4ccccc34)ccc2c1. The number of hydrogen-bond acceptors (Lipinski definition) is 1. The Bertz CT molecular complexity index is 3140. The standard InChI is InChI=1S/C50H30O/c1-2-11-33-28-38(21-17-31(33)9-1)48-41-13-5-7-15-43(41)49(44-16-8-6-14-42(44)48)39-22-20-34-27-35(18-19-36(34)29-39)37-24-25-46-45(30-37)50-40-12-4-3-10-32(40)23-26-47(50)51-46/h1-30H. The van der Waals surface area contributed by atoms with Crippen LogP contribution in [-0.4, -0.2) is 0 Å². The first-order valence-corrected chi connectivity index (χ1v) is 17.6. The first-order chi connectivity index (χ1) is 25.3. The Labute approximate surface area is 294 Å². The minimum absolute atomic E-state index is 0.918. The maximum Gasteiger partial charge on any atom is 0.136 e. The van der Waals surface area contributed by atoms with Crippen molar-refractivity contribution in [1.29, 1.82) is 0 Å². The quantitative estimate of drug-likeness (QED) is 0.174. The molecule has 236 valence electrons. The molecular weight excluding hydrogens is 617 g/mol. The van der Waals surface area contributed by atoms with E-state index in [9.17, 15) is 0 Å². The van der Waals surface area contributed by atoms with E-state index >= 15 is 0 Å². The highest BCUT2D eigenvalue weighted by atomic mass is 16.3. The fourth-order valence-corrected chi connectivity index (χ4v) is 8.40. The third-order valence-electron chi connectivity index (χ3n) is 10.8. The van der Waals surface area contributed by atoms with Crippen LogP contribution in [0.2, 0.25) is 0 Å². The molecule has 0 radical (unpaired) electrons. The highest BCUT2D eigenvalue weighted by Gasteiger charge is 2.17. The van der Waals surface area contributed by atoms with Crippen molar-refractivity contribution >= 4 is 75.8 Å². The highest BCUT2D eigenvalue weighted by molar-refractivity contribution is 6.22. The maximum absolute atomic E-state index is 6.29. The largest absolute Gasteiger partial charge is 0.456 e. The third-order valence-corrected chi connectivity index (χ3v) is 10.8. The van der Waals surface area contributed by atoms with E-state index in [1.54, 1.807) is 0 Å². The summed E-state index contributed by atoms with van der Waals surface area (Å²) >= 11 is 0. The molecule has 11 aromatic rings. The smallest absolute Gasteiger partial charge is 0.136 e. The molecular formula is C50H30O. The molecule has 0 saturated heterocycles. The molecule has 1 heterocycles. The number of benzene rings is 10. The van der Waals surface area contributed by atoms with Crippen LogP contribution in [0.3, 0.4) is 0 Å². The zero-order valence-corrected chi connectivity index (χ0v) is 27.7. The zero-order chi connectivity index (χ0) is 33.5. The Morgan fingerprint density at radius 2 is 0.667 bits per heavy atom. The summed E-state index contributed by atoms with van der Waals surface area (Å²) in [4.78, 5) is 0. The van der Waals surface area contributed by atoms with Crippen LogP contribution in [0.25, 0.3) is 109 Å². The van der Waals surface area contributed by atoms with E-state index in [2.05, 4.69) is 182 Å². The van der Waals surface area contributed by atoms with Crippen LogP contribution in [0.15, 0.2) is 186 Å². The Balaban J connectivity index is 1.06. The second-order valence-corrected chi connectivity index (χ2v) is 13.7. The molecule has 1 heteroatoms. The number of hydrogen-bond donors (Lipinski definition) is 0. The molecule has 0 spiro atoms. The summed E-state index contributed by atoms with van der Waals surface area (Å²) in [6.07, 6.45) is 0. The summed E-state index contributed by atoms with van der Waals surface area (Å²) in [7, 11) is 0. The number of rotatable bonds is 3. The van der Waals surface area contributed by atoms with Gasteiger partial charge in [0, 0.05) is 10.8 Å². The second kappa shape index (κ2) is 10.9. The van der Waals surface area contributed by atoms with E-state index in [-0.39, 0.29) is 0 Å². The lowest BCUT2D eigenvalue weighted by Gasteiger charge is -2.18. The summed E-state index contributed by atoms with van der Waals surface area (Å²) < 4.78 is 6.29. The molecule has 0 unspecified atom stereocenters. The lowest BCUT2D eigenvalue weighted by molar-refractivity contribution is 0.669. The third kappa shape index (κ3) is 4.35. The lowest BCUT2D eigenvalue weighted by atomic mass is 9.85. The predicted octanol–water partition coefficient (Wildman–Crippen LogP) is 14.4. The van der Waals surface area contributed by atoms with E-state index in [1.807, 2.05) is 0 Å². The Morgan fingerprint density at radius 1 is 0.255 bits per heavy atom. The lowest BCUT2D eigenvalue weighted by Crippen LogP contribution is -1.91. The van der Waals surface area contributed by atoms with Crippen LogP contribution in [0, 0.1) is 0 Å². The maximum atomic E-state index is 6.29. The molecule has 0 fully saturated rings. The molecule has 0 atom stereocenters. The van der Waals surface area contributed by atoms with Gasteiger partial charge in [-0.3, -0.25) is 0 Å². The van der Waals surface area contributed by atoms with Gasteiger partial charge in [0.1, 0.15) is 11.2 Å². The van der Waals surface area contributed by atoms with Crippen LogP contribution in [-0.2, 0) is 0 Å². The van der Waals surface area contributed by atoms with Crippen molar-refractivity contribution in [3.05, 3.63) is 182 Å². The van der Waals surface area contributed by atoms with Crippen molar-refractivity contribution in [2.24, 2.45) is 0 Å². The first kappa shape index (κ1) is 28.2. The Morgan fingerprint density at radius 3 is 1.31 bits per heavy atom. The molecule has 0 amide bonds. The van der Waals surface area contributed by atoms with Gasteiger partial charge < -0.3 is 4.42 Å². The normalized spacial score (nSPS) is 11.9. The second-order valence-electron chi connectivity index (χ2n) is 13.7. The van der Waals surface area contributed by atoms with E-state index in [0.29, 0.717) is 0 Å². The minimum Gasteiger partial charge on any atom is -0.456 e. The predicted molar refractivity (Wildman–Crippen MR) is 218 cm³/mol. The van der Waals surface area contributed by atoms with Gasteiger partial charge in [0.25, 0.3) is 0 Å². The van der Waals surface area contributed by atoms with Crippen molar-refractivity contribution < 1.29 is 4.42 Å². The van der Waals surface area contributed by atoms with Crippen LogP contribution < -0.4 is 0 Å². The fourth-order valence-electron chi connectivity index (χ4n) is 8.40. The number of furan rings is 1. The molecule has 1 aromatic heterocycles. The summed E-state index contributed by atoms with van der Waals surface area (Å²) in [6.45, 7) is 0. The summed E-state index contributed by atoms with van der Waals surface area (Å²) in [5.74, 6) is 0. The first-order valence-electron chi connectivity index (χ1n) is 17.6. The van der Waals surface area contributed by atoms with Crippen LogP contribution in [0.4, 0.5) is 0 Å². The van der Waals surface area contributed by atoms with Gasteiger partial charge in [0.2, 0.25) is 0 Å². The number of fused-ring (bicyclic) bond motifs is 9. The molecule has 0 N–H and O–H groups in total. The molecule has 0 aliphatic rings. The van der Waals surface area contributed by atoms with Gasteiger partial charge in [-0.15, -0.1) is 0 Å². The van der Waals surface area contributed by atoms with Gasteiger partial charge in [-0.25, -0.2) is 0 Å². The van der Waals surface area contributed by atoms with Gasteiger partial charge in [0.15, 0.2) is 0 Å². The topological polar surface area (TPSA) is 13.1 Å². The van der Waals surface area contributed by atoms with E-state index in [1.165, 1.54) is 92.6 Å². The van der Waals surface area contributed by atoms with Crippen molar-refractivity contribution in [2.45, 2.75) is 0 Å². The van der Waals surface area contributed by atoms with Gasteiger partial charge in [-0.05, 0) is 124 Å². The summed E-state index contributed by atoms with van der Waals surface area (Å²) in [6, 6.07) is 66.5. The molecule has 11 rings (SSSR count). The van der Waals surface area contributed by atoms with Gasteiger partial charge >= 0.3 is 0 Å². The highest BCUT2D eigenvalue weighted by Crippen LogP contribution is 2.45. The molecule has 1 nitrogen and oxygen atoms in total. The minimum atomic E-state index is 0.918. The van der Waals surface area contributed by atoms with E-state index < -0.39 is 0 Å². The average molecular weight is 647 g/mol. The average Bonchev–Trinajstić information content (AvgIpc) is 3.58. The van der Waals surface area contributed by atoms with Crippen molar-refractivity contribution in [3.8, 4) is 33.4 Å². The Kier molecular flexibility index (Phi) is 6.02. The molecule has 0 aliphatic carbocycles. The van der Waals surface area contributed by atoms with Gasteiger partial charge in [-0.1, -0.05) is 146 Å². The fraction of sp³-hybridized carbons (Fsp3) is 0. The molecule has 51 heavy (non-hydrogen) atoms. The molecule has 0 aliphatic heterocycles. The van der Waals surface area contributed by atoms with Crippen molar-refractivity contribution in [2.75, 3.05) is 0 Å². The molecule has 0 saturated carbocycles. The van der Waals surface area contributed by atoms with E-state index in [0.717, 1.165) is 16.6 Å². The van der Waals surface area contributed by atoms with Crippen LogP contribution >= 0.6 is 0 Å². The van der Waals surface area contributed by atoms with Gasteiger partial charge in [0.05, 0.1) is 0 Å². The monoisotopic (exact) mass is 646 g/mol. The molecule has 0 bridgehead atoms. The summed E-state index contributed by atoms with van der Waals surface area (Å²) in [5.41, 5.74) is 9.27. The van der Waals surface area contributed by atoms with Gasteiger partial charge in [-0.2, -0.15) is 0 Å². The zero-order valence-electron chi connectivity index (χ0n) is 27.7. The van der Waals surface area contributed by atoms with E-state index in [4.69, 9.17) is 4.42 Å².